The van der Waals surface area contributed by atoms with E-state index in [1.807, 2.05) is 56.2 Å². The summed E-state index contributed by atoms with van der Waals surface area (Å²) in [5, 5.41) is 10.5. The number of imide groups is 2. The van der Waals surface area contributed by atoms with E-state index in [9.17, 15) is 19.2 Å². The number of nitrogens with zero attached hydrogens (tertiary/aromatic N) is 4. The molecule has 0 fully saturated rings. The van der Waals surface area contributed by atoms with E-state index in [0.717, 1.165) is 43.8 Å². The molecule has 2 aliphatic rings. The number of aliphatic hydroxyl groups excluding tert-OH is 1. The molecule has 0 aromatic heterocycles. The van der Waals surface area contributed by atoms with Gasteiger partial charge in [0.15, 0.2) is 0 Å². The number of aliphatic hydroxyl groups is 1. The van der Waals surface area contributed by atoms with Crippen LogP contribution < -0.4 is 76.3 Å². The van der Waals surface area contributed by atoms with Gasteiger partial charge in [-0.3, -0.25) is 29.0 Å². The number of methoxy groups -OCH3 is 1. The third-order valence-electron chi connectivity index (χ3n) is 8.08. The van der Waals surface area contributed by atoms with Crippen molar-refractivity contribution in [1.29, 1.82) is 0 Å². The predicted molar refractivity (Wildman–Crippen MR) is 193 cm³/mol. The van der Waals surface area contributed by atoms with E-state index in [0.29, 0.717) is 56.9 Å². The van der Waals surface area contributed by atoms with Gasteiger partial charge >= 0.3 is 59.1 Å². The first-order valence-corrected chi connectivity index (χ1v) is 15.7. The molecule has 0 spiro atoms. The first-order chi connectivity index (χ1) is 22.5. The van der Waals surface area contributed by atoms with Gasteiger partial charge in [-0.2, -0.15) is 0 Å². The summed E-state index contributed by atoms with van der Waals surface area (Å²) in [6, 6.07) is 17.8. The molecule has 0 aliphatic carbocycles. The summed E-state index contributed by atoms with van der Waals surface area (Å²) in [7, 11) is 10.5. The van der Waals surface area contributed by atoms with Crippen molar-refractivity contribution in [3.8, 4) is 5.75 Å². The number of amides is 4. The first kappa shape index (κ1) is 52.0. The van der Waals surface area contributed by atoms with Gasteiger partial charge in [-0.25, -0.2) is 0 Å². The molecule has 0 unspecified atom stereocenters. The van der Waals surface area contributed by atoms with Crippen LogP contribution in [0, 0.1) is 7.43 Å². The van der Waals surface area contributed by atoms with Crippen LogP contribution in [0.2, 0.25) is 5.02 Å². The standard InChI is InChI=1S/C18H20N2O3.C17H17ClN2O2.CH4O.CH3.ClH.2Na.H2O/c1-19(2)10-5-11-20-17(21)13-7-4-6-12-15(23-3)9-8-14(16(12)13)18(20)22;1-19(2)9-4-10-20-16(21)12-6-3-5-11-14(18)8-7-13(15(11)12)17(20)22;1-2;;;;;/h4,6-9H,5,10-11H2,1-3H3;3,5-8H,4,9-10H2,1-2H3;2H,1H3;1H3;1H;;;1H2/q;;;-1;;2*+1;/p-2. The maximum absolute atomic E-state index is 12.7. The number of hydrogen-bond donors (Lipinski definition) is 1. The summed E-state index contributed by atoms with van der Waals surface area (Å²) >= 11 is 6.19. The van der Waals surface area contributed by atoms with E-state index in [-0.39, 0.29) is 108 Å². The number of carbonyl (C=O) groups is 4. The zero-order valence-corrected chi connectivity index (χ0v) is 37.0. The fourth-order valence-electron chi connectivity index (χ4n) is 5.90. The average molecular weight is 775 g/mol. The number of hydrogen-bond acceptors (Lipinski definition) is 9. The van der Waals surface area contributed by atoms with Gasteiger partial charge in [0, 0.05) is 69.0 Å². The Kier molecular flexibility index (Phi) is 23.6. The molecule has 0 saturated heterocycles. The molecule has 2 N–H and O–H groups in total. The Balaban J connectivity index is 0. The van der Waals surface area contributed by atoms with Crippen molar-refractivity contribution in [1.82, 2.24) is 19.6 Å². The van der Waals surface area contributed by atoms with E-state index in [4.69, 9.17) is 21.4 Å². The third kappa shape index (κ3) is 11.0. The van der Waals surface area contributed by atoms with Crippen LogP contribution in [-0.4, -0.2) is 122 Å². The Morgan fingerprint density at radius 2 is 1.00 bits per heavy atom. The minimum absolute atomic E-state index is 0. The van der Waals surface area contributed by atoms with Crippen LogP contribution in [-0.2, 0) is 0 Å². The molecule has 2 aliphatic heterocycles. The molecule has 4 aromatic rings. The molecular formula is C37H45Cl2N4Na2O7-. The number of ether oxygens (including phenoxy) is 1. The molecule has 0 radical (unpaired) electrons. The van der Waals surface area contributed by atoms with Crippen LogP contribution in [0.1, 0.15) is 54.3 Å². The van der Waals surface area contributed by atoms with Crippen LogP contribution in [0.15, 0.2) is 60.7 Å². The maximum Gasteiger partial charge on any atom is 1.00 e. The Bertz CT molecular complexity index is 1800. The topological polar surface area (TPSA) is 141 Å². The average Bonchev–Trinajstić information content (AvgIpc) is 3.07. The summed E-state index contributed by atoms with van der Waals surface area (Å²) in [6.07, 6.45) is 1.51. The van der Waals surface area contributed by atoms with Crippen molar-refractivity contribution in [2.45, 2.75) is 12.8 Å². The molecule has 11 nitrogen and oxygen atoms in total. The summed E-state index contributed by atoms with van der Waals surface area (Å²) < 4.78 is 5.35. The molecule has 52 heavy (non-hydrogen) atoms. The monoisotopic (exact) mass is 773 g/mol. The summed E-state index contributed by atoms with van der Waals surface area (Å²) in [4.78, 5) is 57.5. The van der Waals surface area contributed by atoms with Crippen molar-refractivity contribution < 1.29 is 106 Å². The normalized spacial score (nSPS) is 12.3. The van der Waals surface area contributed by atoms with E-state index in [1.54, 1.807) is 49.6 Å². The fourth-order valence-corrected chi connectivity index (χ4v) is 6.12. The van der Waals surface area contributed by atoms with E-state index >= 15 is 0 Å². The van der Waals surface area contributed by atoms with Gasteiger partial charge in [-0.15, -0.1) is 0 Å². The minimum atomic E-state index is -0.232. The zero-order valence-electron chi connectivity index (χ0n) is 31.5. The van der Waals surface area contributed by atoms with E-state index < -0.39 is 0 Å². The van der Waals surface area contributed by atoms with Crippen molar-refractivity contribution in [3.63, 3.8) is 0 Å². The van der Waals surface area contributed by atoms with E-state index in [1.165, 1.54) is 9.80 Å². The Hall–Kier alpha value is -2.10. The molecule has 15 heteroatoms. The SMILES string of the molecule is CN(C)CCCN1C(=O)c2cccc3c(Cl)ccc(c23)C1=O.CO.COc1ccc2c3c(cccc13)C(=O)N(CCCN(C)C)C2=O.[CH3-].[Cl-].[Na+].[Na+].[OH-]. The number of carbonyl (C=O) groups excluding carboxylic acids is 4. The Morgan fingerprint density at radius 3 is 1.40 bits per heavy atom. The quantitative estimate of drug-likeness (QED) is 0.104. The largest absolute Gasteiger partial charge is 1.00 e. The summed E-state index contributed by atoms with van der Waals surface area (Å²) in [5.41, 5.74) is 2.25. The van der Waals surface area contributed by atoms with Crippen molar-refractivity contribution >= 4 is 56.8 Å². The van der Waals surface area contributed by atoms with Gasteiger partial charge in [-0.05, 0) is 90.5 Å². The van der Waals surface area contributed by atoms with Crippen LogP contribution in [0.25, 0.3) is 21.5 Å². The van der Waals surface area contributed by atoms with Crippen LogP contribution in [0.4, 0.5) is 0 Å². The molecule has 0 atom stereocenters. The number of rotatable bonds is 9. The second kappa shape index (κ2) is 23.6. The van der Waals surface area contributed by atoms with Gasteiger partial charge in [0.1, 0.15) is 5.75 Å². The van der Waals surface area contributed by atoms with Gasteiger partial charge in [0.2, 0.25) is 0 Å². The molecule has 4 amide bonds. The third-order valence-corrected chi connectivity index (χ3v) is 8.41. The van der Waals surface area contributed by atoms with Crippen LogP contribution in [0.5, 0.6) is 5.75 Å². The van der Waals surface area contributed by atoms with Gasteiger partial charge in [-0.1, -0.05) is 35.9 Å². The van der Waals surface area contributed by atoms with Crippen LogP contribution in [0.3, 0.4) is 0 Å². The van der Waals surface area contributed by atoms with Crippen molar-refractivity contribution in [2.75, 3.05) is 68.6 Å². The Labute approximate surface area is 361 Å². The van der Waals surface area contributed by atoms with Crippen molar-refractivity contribution in [2.24, 2.45) is 0 Å². The molecule has 6 rings (SSSR count). The molecule has 0 saturated carbocycles. The number of halogens is 2. The van der Waals surface area contributed by atoms with Gasteiger partial charge in [0.05, 0.1) is 7.11 Å². The second-order valence-electron chi connectivity index (χ2n) is 11.7. The summed E-state index contributed by atoms with van der Waals surface area (Å²) in [5.74, 6) is -0.235. The van der Waals surface area contributed by atoms with E-state index in [2.05, 4.69) is 0 Å². The number of benzene rings is 4. The Morgan fingerprint density at radius 1 is 0.635 bits per heavy atom. The molecule has 4 aromatic carbocycles. The predicted octanol–water partition coefficient (Wildman–Crippen LogP) is -3.67. The zero-order chi connectivity index (χ0) is 34.4. The first-order valence-electron chi connectivity index (χ1n) is 15.3. The molecule has 0 bridgehead atoms. The molecular weight excluding hydrogens is 729 g/mol. The molecule has 272 valence electrons. The fraction of sp³-hybridized carbons (Fsp3) is 0.324. The van der Waals surface area contributed by atoms with Crippen molar-refractivity contribution in [3.05, 3.63) is 95.4 Å². The summed E-state index contributed by atoms with van der Waals surface area (Å²) in [6.45, 7) is 2.51. The van der Waals surface area contributed by atoms with Gasteiger partial charge in [0.25, 0.3) is 23.6 Å². The smallest absolute Gasteiger partial charge is 1.00 e. The minimum Gasteiger partial charge on any atom is -1.00 e. The molecule has 2 heterocycles. The van der Waals surface area contributed by atoms with Crippen LogP contribution >= 0.6 is 11.6 Å². The second-order valence-corrected chi connectivity index (χ2v) is 12.1. The van der Waals surface area contributed by atoms with Gasteiger partial charge < -0.3 is 45.0 Å². The maximum atomic E-state index is 12.7.